The second kappa shape index (κ2) is 7.26. The molecule has 104 valence electrons. The molecular weight excluding hydrogens is 238 g/mol. The highest BCUT2D eigenvalue weighted by Crippen LogP contribution is 2.09. The average molecular weight is 261 g/mol. The molecule has 0 aliphatic carbocycles. The molecule has 1 aliphatic rings. The quantitative estimate of drug-likeness (QED) is 0.882. The Kier molecular flexibility index (Phi) is 5.36. The predicted octanol–water partition coefficient (Wildman–Crippen LogP) is 1.07. The highest BCUT2D eigenvalue weighted by atomic mass is 16.2. The van der Waals surface area contributed by atoms with Crippen molar-refractivity contribution in [2.24, 2.45) is 5.73 Å². The standard InChI is InChI=1S/C15H23N3O/c16-8-7-15(19)18-10-4-9-17(11-12-18)13-14-5-2-1-3-6-14/h1-3,5-6H,4,7-13,16H2. The van der Waals surface area contributed by atoms with Gasteiger partial charge in [-0.2, -0.15) is 0 Å². The van der Waals surface area contributed by atoms with Gasteiger partial charge in [0.2, 0.25) is 5.91 Å². The summed E-state index contributed by atoms with van der Waals surface area (Å²) in [4.78, 5) is 16.2. The third-order valence-electron chi connectivity index (χ3n) is 3.55. The van der Waals surface area contributed by atoms with Crippen molar-refractivity contribution in [2.75, 3.05) is 32.7 Å². The van der Waals surface area contributed by atoms with E-state index in [1.165, 1.54) is 5.56 Å². The van der Waals surface area contributed by atoms with Crippen LogP contribution >= 0.6 is 0 Å². The monoisotopic (exact) mass is 261 g/mol. The van der Waals surface area contributed by atoms with E-state index in [1.54, 1.807) is 0 Å². The molecule has 0 unspecified atom stereocenters. The number of carbonyl (C=O) groups is 1. The van der Waals surface area contributed by atoms with Crippen molar-refractivity contribution in [1.29, 1.82) is 0 Å². The molecule has 0 saturated carbocycles. The smallest absolute Gasteiger partial charge is 0.223 e. The summed E-state index contributed by atoms with van der Waals surface area (Å²) in [6.07, 6.45) is 1.52. The Bertz CT molecular complexity index is 394. The van der Waals surface area contributed by atoms with Gasteiger partial charge in [-0.15, -0.1) is 0 Å². The van der Waals surface area contributed by atoms with Crippen LogP contribution in [0.1, 0.15) is 18.4 Å². The van der Waals surface area contributed by atoms with Gasteiger partial charge in [-0.05, 0) is 12.0 Å². The minimum Gasteiger partial charge on any atom is -0.341 e. The van der Waals surface area contributed by atoms with Crippen molar-refractivity contribution in [3.63, 3.8) is 0 Å². The molecule has 2 N–H and O–H groups in total. The van der Waals surface area contributed by atoms with E-state index < -0.39 is 0 Å². The van der Waals surface area contributed by atoms with Crippen molar-refractivity contribution in [1.82, 2.24) is 9.80 Å². The van der Waals surface area contributed by atoms with E-state index in [9.17, 15) is 4.79 Å². The van der Waals surface area contributed by atoms with E-state index in [4.69, 9.17) is 5.73 Å². The van der Waals surface area contributed by atoms with E-state index in [0.29, 0.717) is 13.0 Å². The second-order valence-corrected chi connectivity index (χ2v) is 5.03. The largest absolute Gasteiger partial charge is 0.341 e. The zero-order chi connectivity index (χ0) is 13.5. The lowest BCUT2D eigenvalue weighted by Crippen LogP contribution is -2.35. The lowest BCUT2D eigenvalue weighted by Gasteiger charge is -2.22. The summed E-state index contributed by atoms with van der Waals surface area (Å²) in [7, 11) is 0. The summed E-state index contributed by atoms with van der Waals surface area (Å²) in [5.74, 6) is 0.198. The number of hydrogen-bond donors (Lipinski definition) is 1. The van der Waals surface area contributed by atoms with Crippen LogP contribution in [0, 0.1) is 0 Å². The maximum atomic E-state index is 11.8. The van der Waals surface area contributed by atoms with E-state index in [1.807, 2.05) is 11.0 Å². The number of amides is 1. The summed E-state index contributed by atoms with van der Waals surface area (Å²) < 4.78 is 0. The molecule has 1 heterocycles. The van der Waals surface area contributed by atoms with E-state index in [0.717, 1.165) is 39.1 Å². The third-order valence-corrected chi connectivity index (χ3v) is 3.55. The van der Waals surface area contributed by atoms with Gasteiger partial charge in [0.15, 0.2) is 0 Å². The van der Waals surface area contributed by atoms with Gasteiger partial charge < -0.3 is 10.6 Å². The molecule has 1 amide bonds. The molecule has 1 aromatic carbocycles. The lowest BCUT2D eigenvalue weighted by atomic mass is 10.2. The van der Waals surface area contributed by atoms with Crippen molar-refractivity contribution in [3.05, 3.63) is 35.9 Å². The van der Waals surface area contributed by atoms with E-state index >= 15 is 0 Å². The Morgan fingerprint density at radius 3 is 2.63 bits per heavy atom. The van der Waals surface area contributed by atoms with E-state index in [-0.39, 0.29) is 5.91 Å². The number of hydrogen-bond acceptors (Lipinski definition) is 3. The molecule has 19 heavy (non-hydrogen) atoms. The van der Waals surface area contributed by atoms with Gasteiger partial charge in [-0.25, -0.2) is 0 Å². The fourth-order valence-corrected chi connectivity index (χ4v) is 2.50. The van der Waals surface area contributed by atoms with Gasteiger partial charge in [0, 0.05) is 45.7 Å². The molecule has 0 radical (unpaired) electrons. The molecule has 1 fully saturated rings. The highest BCUT2D eigenvalue weighted by molar-refractivity contribution is 5.76. The van der Waals surface area contributed by atoms with Crippen LogP contribution < -0.4 is 5.73 Å². The Balaban J connectivity index is 1.85. The molecule has 4 heteroatoms. The normalized spacial score (nSPS) is 17.2. The molecule has 0 spiro atoms. The van der Waals surface area contributed by atoms with Crippen LogP contribution in [0.4, 0.5) is 0 Å². The van der Waals surface area contributed by atoms with Crippen LogP contribution in [0.5, 0.6) is 0 Å². The minimum absolute atomic E-state index is 0.198. The number of rotatable bonds is 4. The topological polar surface area (TPSA) is 49.6 Å². The molecule has 2 rings (SSSR count). The molecule has 0 atom stereocenters. The van der Waals surface area contributed by atoms with Gasteiger partial charge in [0.25, 0.3) is 0 Å². The minimum atomic E-state index is 0.198. The Morgan fingerprint density at radius 1 is 1.11 bits per heavy atom. The van der Waals surface area contributed by atoms with Crippen molar-refractivity contribution in [2.45, 2.75) is 19.4 Å². The molecule has 1 saturated heterocycles. The average Bonchev–Trinajstić information content (AvgIpc) is 2.66. The summed E-state index contributed by atoms with van der Waals surface area (Å²) in [6, 6.07) is 10.5. The van der Waals surface area contributed by atoms with Crippen LogP contribution in [0.2, 0.25) is 0 Å². The number of benzene rings is 1. The van der Waals surface area contributed by atoms with Gasteiger partial charge >= 0.3 is 0 Å². The first-order chi connectivity index (χ1) is 9.29. The fourth-order valence-electron chi connectivity index (χ4n) is 2.50. The maximum absolute atomic E-state index is 11.8. The third kappa shape index (κ3) is 4.33. The summed E-state index contributed by atoms with van der Waals surface area (Å²) in [5, 5.41) is 0. The maximum Gasteiger partial charge on any atom is 0.223 e. The second-order valence-electron chi connectivity index (χ2n) is 5.03. The molecule has 1 aromatic rings. The van der Waals surface area contributed by atoms with Gasteiger partial charge in [-0.3, -0.25) is 9.69 Å². The summed E-state index contributed by atoms with van der Waals surface area (Å²) in [5.41, 5.74) is 6.78. The highest BCUT2D eigenvalue weighted by Gasteiger charge is 2.18. The SMILES string of the molecule is NCCC(=O)N1CCCN(Cc2ccccc2)CC1. The first-order valence-electron chi connectivity index (χ1n) is 7.03. The number of nitrogens with two attached hydrogens (primary N) is 1. The molecule has 0 bridgehead atoms. The first-order valence-corrected chi connectivity index (χ1v) is 7.03. The van der Waals surface area contributed by atoms with Crippen LogP contribution in [0.25, 0.3) is 0 Å². The van der Waals surface area contributed by atoms with Crippen molar-refractivity contribution >= 4 is 5.91 Å². The van der Waals surface area contributed by atoms with Crippen LogP contribution in [-0.2, 0) is 11.3 Å². The van der Waals surface area contributed by atoms with Crippen molar-refractivity contribution < 1.29 is 4.79 Å². The van der Waals surface area contributed by atoms with Gasteiger partial charge in [0.1, 0.15) is 0 Å². The molecule has 4 nitrogen and oxygen atoms in total. The number of nitrogens with zero attached hydrogens (tertiary/aromatic N) is 2. The lowest BCUT2D eigenvalue weighted by molar-refractivity contribution is -0.130. The van der Waals surface area contributed by atoms with Crippen LogP contribution in [0.3, 0.4) is 0 Å². The Hall–Kier alpha value is -1.39. The first kappa shape index (κ1) is 14.0. The zero-order valence-corrected chi connectivity index (χ0v) is 11.4. The summed E-state index contributed by atoms with van der Waals surface area (Å²) >= 11 is 0. The zero-order valence-electron chi connectivity index (χ0n) is 11.4. The van der Waals surface area contributed by atoms with E-state index in [2.05, 4.69) is 29.2 Å². The van der Waals surface area contributed by atoms with Gasteiger partial charge in [0.05, 0.1) is 0 Å². The fraction of sp³-hybridized carbons (Fsp3) is 0.533. The molecule has 0 aromatic heterocycles. The summed E-state index contributed by atoms with van der Waals surface area (Å²) in [6.45, 7) is 5.12. The molecular formula is C15H23N3O. The Morgan fingerprint density at radius 2 is 1.89 bits per heavy atom. The molecule has 1 aliphatic heterocycles. The number of carbonyl (C=O) groups excluding carboxylic acids is 1. The predicted molar refractivity (Wildman–Crippen MR) is 76.6 cm³/mol. The van der Waals surface area contributed by atoms with Crippen molar-refractivity contribution in [3.8, 4) is 0 Å². The van der Waals surface area contributed by atoms with Crippen LogP contribution in [0.15, 0.2) is 30.3 Å². The van der Waals surface area contributed by atoms with Crippen LogP contribution in [-0.4, -0.2) is 48.4 Å². The Labute approximate surface area is 115 Å². The van der Waals surface area contributed by atoms with Gasteiger partial charge in [-0.1, -0.05) is 30.3 Å².